The maximum absolute atomic E-state index is 12.2. The van der Waals surface area contributed by atoms with Gasteiger partial charge in [0.2, 0.25) is 5.91 Å². The van der Waals surface area contributed by atoms with Crippen molar-refractivity contribution in [3.8, 4) is 0 Å². The number of likely N-dealkylation sites (tertiary alicyclic amines) is 1. The molecule has 1 aromatic heterocycles. The summed E-state index contributed by atoms with van der Waals surface area (Å²) in [7, 11) is 0. The molecule has 3 N–H and O–H groups in total. The Morgan fingerprint density at radius 2 is 2.10 bits per heavy atom. The second-order valence-electron chi connectivity index (χ2n) is 5.05. The molecule has 110 valence electrons. The van der Waals surface area contributed by atoms with E-state index in [1.807, 2.05) is 4.90 Å². The molecular weight excluding hydrogens is 262 g/mol. The number of rotatable bonds is 5. The number of carboxylic acid groups (broad SMARTS) is 1. The van der Waals surface area contributed by atoms with Crippen LogP contribution in [0.5, 0.6) is 0 Å². The average molecular weight is 281 g/mol. The Morgan fingerprint density at radius 1 is 1.45 bits per heavy atom. The first-order chi connectivity index (χ1) is 9.49. The van der Waals surface area contributed by atoms with Crippen molar-refractivity contribution in [3.05, 3.63) is 11.9 Å². The van der Waals surface area contributed by atoms with Gasteiger partial charge in [-0.25, -0.2) is 4.68 Å². The number of nitrogens with zero attached hydrogens (tertiary/aromatic N) is 4. The number of hydrogen-bond donors (Lipinski definition) is 2. The molecule has 0 aliphatic carbocycles. The van der Waals surface area contributed by atoms with Crippen molar-refractivity contribution < 1.29 is 14.7 Å². The van der Waals surface area contributed by atoms with Crippen molar-refractivity contribution in [2.24, 2.45) is 5.73 Å². The lowest BCUT2D eigenvalue weighted by Gasteiger charge is -2.19. The summed E-state index contributed by atoms with van der Waals surface area (Å²) in [4.78, 5) is 24.7. The van der Waals surface area contributed by atoms with Gasteiger partial charge in [-0.3, -0.25) is 9.59 Å². The summed E-state index contributed by atoms with van der Waals surface area (Å²) in [6.45, 7) is 3.33. The Kier molecular flexibility index (Phi) is 4.33. The van der Waals surface area contributed by atoms with Gasteiger partial charge < -0.3 is 15.7 Å². The zero-order chi connectivity index (χ0) is 14.7. The van der Waals surface area contributed by atoms with Gasteiger partial charge in [-0.15, -0.1) is 5.10 Å². The van der Waals surface area contributed by atoms with E-state index in [0.717, 1.165) is 25.9 Å². The molecule has 1 aromatic rings. The molecule has 0 saturated carbocycles. The Hall–Kier alpha value is -1.96. The van der Waals surface area contributed by atoms with Crippen LogP contribution in [-0.2, 0) is 16.0 Å². The van der Waals surface area contributed by atoms with Crippen LogP contribution in [0.4, 0.5) is 0 Å². The lowest BCUT2D eigenvalue weighted by atomic mass is 10.2. The molecule has 1 amide bonds. The van der Waals surface area contributed by atoms with Gasteiger partial charge in [-0.05, 0) is 19.8 Å². The standard InChI is InChI=1S/C12H19N5O3/c1-8(11(18)16-4-2-3-5-16)17-7-9(14-15-17)6-10(13)12(19)20/h7-8,10H,2-6,13H2,1H3,(H,19,20). The lowest BCUT2D eigenvalue weighted by Crippen LogP contribution is -2.34. The maximum Gasteiger partial charge on any atom is 0.320 e. The van der Waals surface area contributed by atoms with E-state index in [1.165, 1.54) is 4.68 Å². The largest absolute Gasteiger partial charge is 0.480 e. The molecule has 2 unspecified atom stereocenters. The van der Waals surface area contributed by atoms with Crippen LogP contribution >= 0.6 is 0 Å². The average Bonchev–Trinajstić information content (AvgIpc) is 3.07. The van der Waals surface area contributed by atoms with Gasteiger partial charge >= 0.3 is 5.97 Å². The highest BCUT2D eigenvalue weighted by atomic mass is 16.4. The summed E-state index contributed by atoms with van der Waals surface area (Å²) in [6, 6.07) is -1.44. The quantitative estimate of drug-likeness (QED) is 0.746. The summed E-state index contributed by atoms with van der Waals surface area (Å²) in [5.74, 6) is -1.07. The third-order valence-electron chi connectivity index (χ3n) is 3.48. The fraction of sp³-hybridized carbons (Fsp3) is 0.667. The number of carbonyl (C=O) groups excluding carboxylic acids is 1. The SMILES string of the molecule is CC(C(=O)N1CCCC1)n1cc(CC(N)C(=O)O)nn1. The minimum Gasteiger partial charge on any atom is -0.480 e. The van der Waals surface area contributed by atoms with Gasteiger partial charge in [-0.1, -0.05) is 5.21 Å². The van der Waals surface area contributed by atoms with Gasteiger partial charge in [0.05, 0.1) is 5.69 Å². The molecule has 2 heterocycles. The van der Waals surface area contributed by atoms with E-state index < -0.39 is 18.1 Å². The zero-order valence-corrected chi connectivity index (χ0v) is 11.4. The third kappa shape index (κ3) is 3.13. The molecule has 1 saturated heterocycles. The van der Waals surface area contributed by atoms with Crippen molar-refractivity contribution in [1.82, 2.24) is 19.9 Å². The highest BCUT2D eigenvalue weighted by Gasteiger charge is 2.25. The van der Waals surface area contributed by atoms with E-state index in [0.29, 0.717) is 5.69 Å². The fourth-order valence-electron chi connectivity index (χ4n) is 2.22. The summed E-state index contributed by atoms with van der Waals surface area (Å²) < 4.78 is 1.46. The monoisotopic (exact) mass is 281 g/mol. The molecular formula is C12H19N5O3. The van der Waals surface area contributed by atoms with E-state index in [-0.39, 0.29) is 12.3 Å². The fourth-order valence-corrected chi connectivity index (χ4v) is 2.22. The predicted molar refractivity (Wildman–Crippen MR) is 69.9 cm³/mol. The Labute approximate surface area is 116 Å². The molecule has 0 bridgehead atoms. The number of aromatic nitrogens is 3. The number of aliphatic carboxylic acids is 1. The predicted octanol–water partition coefficient (Wildman–Crippen LogP) is -0.584. The van der Waals surface area contributed by atoms with Crippen molar-refractivity contribution in [3.63, 3.8) is 0 Å². The van der Waals surface area contributed by atoms with Crippen molar-refractivity contribution in [1.29, 1.82) is 0 Å². The van der Waals surface area contributed by atoms with Crippen molar-refractivity contribution >= 4 is 11.9 Å². The second-order valence-corrected chi connectivity index (χ2v) is 5.05. The molecule has 1 fully saturated rings. The minimum atomic E-state index is -1.08. The first-order valence-electron chi connectivity index (χ1n) is 6.67. The lowest BCUT2D eigenvalue weighted by molar-refractivity contribution is -0.138. The van der Waals surface area contributed by atoms with Gasteiger partial charge in [0.15, 0.2) is 0 Å². The van der Waals surface area contributed by atoms with Crippen LogP contribution in [0.15, 0.2) is 6.20 Å². The highest BCUT2D eigenvalue weighted by molar-refractivity contribution is 5.80. The van der Waals surface area contributed by atoms with E-state index in [4.69, 9.17) is 10.8 Å². The number of nitrogens with two attached hydrogens (primary N) is 1. The summed E-state index contributed by atoms with van der Waals surface area (Å²) in [6.07, 6.45) is 3.75. The van der Waals surface area contributed by atoms with Gasteiger partial charge in [0, 0.05) is 25.7 Å². The van der Waals surface area contributed by atoms with Crippen LogP contribution in [0.3, 0.4) is 0 Å². The van der Waals surface area contributed by atoms with E-state index >= 15 is 0 Å². The molecule has 2 atom stereocenters. The van der Waals surface area contributed by atoms with Crippen molar-refractivity contribution in [2.75, 3.05) is 13.1 Å². The number of carbonyl (C=O) groups is 2. The Balaban J connectivity index is 2.00. The number of carboxylic acids is 1. The minimum absolute atomic E-state index is 0.0153. The number of amides is 1. The van der Waals surface area contributed by atoms with Crippen LogP contribution in [-0.4, -0.2) is 56.0 Å². The molecule has 0 radical (unpaired) electrons. The molecule has 1 aliphatic heterocycles. The van der Waals surface area contributed by atoms with E-state index in [2.05, 4.69) is 10.3 Å². The van der Waals surface area contributed by atoms with Gasteiger partial charge in [0.1, 0.15) is 12.1 Å². The van der Waals surface area contributed by atoms with E-state index in [1.54, 1.807) is 13.1 Å². The van der Waals surface area contributed by atoms with Crippen molar-refractivity contribution in [2.45, 2.75) is 38.3 Å². The maximum atomic E-state index is 12.2. The van der Waals surface area contributed by atoms with Crippen LogP contribution in [0.25, 0.3) is 0 Å². The molecule has 0 spiro atoms. The summed E-state index contributed by atoms with van der Waals surface area (Å²) >= 11 is 0. The van der Waals surface area contributed by atoms with Gasteiger partial charge in [-0.2, -0.15) is 0 Å². The Morgan fingerprint density at radius 3 is 2.70 bits per heavy atom. The Bertz CT molecular complexity index is 495. The molecule has 1 aliphatic rings. The van der Waals surface area contributed by atoms with Crippen LogP contribution in [0.2, 0.25) is 0 Å². The third-order valence-corrected chi connectivity index (χ3v) is 3.48. The zero-order valence-electron chi connectivity index (χ0n) is 11.4. The topological polar surface area (TPSA) is 114 Å². The van der Waals surface area contributed by atoms with Crippen LogP contribution < -0.4 is 5.73 Å². The highest BCUT2D eigenvalue weighted by Crippen LogP contribution is 2.15. The second kappa shape index (κ2) is 6.00. The van der Waals surface area contributed by atoms with Crippen LogP contribution in [0.1, 0.15) is 31.5 Å². The molecule has 0 aromatic carbocycles. The van der Waals surface area contributed by atoms with Crippen LogP contribution in [0, 0.1) is 0 Å². The molecule has 20 heavy (non-hydrogen) atoms. The normalized spacial score (nSPS) is 18.0. The first kappa shape index (κ1) is 14.4. The molecule has 2 rings (SSSR count). The molecule has 8 nitrogen and oxygen atoms in total. The smallest absolute Gasteiger partial charge is 0.320 e. The first-order valence-corrected chi connectivity index (χ1v) is 6.67. The summed E-state index contributed by atoms with van der Waals surface area (Å²) in [5.41, 5.74) is 5.91. The van der Waals surface area contributed by atoms with Gasteiger partial charge in [0.25, 0.3) is 0 Å². The summed E-state index contributed by atoms with van der Waals surface area (Å²) in [5, 5.41) is 16.5. The van der Waals surface area contributed by atoms with E-state index in [9.17, 15) is 9.59 Å². The number of hydrogen-bond acceptors (Lipinski definition) is 5. The molecule has 8 heteroatoms.